The van der Waals surface area contributed by atoms with Crippen molar-refractivity contribution in [1.29, 1.82) is 0 Å². The molecule has 0 spiro atoms. The van der Waals surface area contributed by atoms with Gasteiger partial charge < -0.3 is 15.1 Å². The van der Waals surface area contributed by atoms with Gasteiger partial charge >= 0.3 is 0 Å². The smallest absolute Gasteiger partial charge is 0.197 e. The molecular formula is C13H14N4O. The minimum Gasteiger partial charge on any atom is -0.461 e. The number of H-pyrrole nitrogens is 1. The molecule has 0 fully saturated rings. The number of hydrogen-bond acceptors (Lipinski definition) is 4. The summed E-state index contributed by atoms with van der Waals surface area (Å²) in [6.07, 6.45) is 4.34. The summed E-state index contributed by atoms with van der Waals surface area (Å²) in [5, 5.41) is 1.04. The molecule has 0 radical (unpaired) electrons. The van der Waals surface area contributed by atoms with Crippen molar-refractivity contribution >= 4 is 11.0 Å². The van der Waals surface area contributed by atoms with Crippen molar-refractivity contribution in [3.05, 3.63) is 35.9 Å². The molecular weight excluding hydrogens is 228 g/mol. The molecule has 92 valence electrons. The molecule has 0 saturated heterocycles. The molecule has 5 heteroatoms. The second-order valence-corrected chi connectivity index (χ2v) is 4.07. The molecule has 0 aliphatic carbocycles. The van der Waals surface area contributed by atoms with Crippen LogP contribution >= 0.6 is 0 Å². The third-order valence-corrected chi connectivity index (χ3v) is 2.98. The second kappa shape index (κ2) is 4.27. The normalized spacial score (nSPS) is 11.2. The van der Waals surface area contributed by atoms with Gasteiger partial charge in [0, 0.05) is 18.1 Å². The maximum absolute atomic E-state index is 5.72. The largest absolute Gasteiger partial charge is 0.461 e. The predicted octanol–water partition coefficient (Wildman–Crippen LogP) is 2.24. The van der Waals surface area contributed by atoms with Crippen molar-refractivity contribution in [2.45, 2.75) is 19.9 Å². The van der Waals surface area contributed by atoms with Crippen molar-refractivity contribution in [1.82, 2.24) is 15.0 Å². The molecule has 0 bridgehead atoms. The van der Waals surface area contributed by atoms with Crippen LogP contribution in [0.2, 0.25) is 0 Å². The summed E-state index contributed by atoms with van der Waals surface area (Å²) in [6, 6.07) is 3.68. The summed E-state index contributed by atoms with van der Waals surface area (Å²) in [7, 11) is 0. The lowest BCUT2D eigenvalue weighted by atomic mass is 10.1. The van der Waals surface area contributed by atoms with Crippen molar-refractivity contribution in [2.24, 2.45) is 5.73 Å². The zero-order valence-corrected chi connectivity index (χ0v) is 10.1. The van der Waals surface area contributed by atoms with Gasteiger partial charge in [-0.15, -0.1) is 0 Å². The number of aromatic nitrogens is 3. The number of nitrogens with zero attached hydrogens (tertiary/aromatic N) is 2. The molecule has 3 heterocycles. The first-order chi connectivity index (χ1) is 8.83. The predicted molar refractivity (Wildman–Crippen MR) is 68.9 cm³/mol. The lowest BCUT2D eigenvalue weighted by molar-refractivity contribution is 0.577. The third-order valence-electron chi connectivity index (χ3n) is 2.98. The molecule has 18 heavy (non-hydrogen) atoms. The van der Waals surface area contributed by atoms with Crippen molar-refractivity contribution in [3.8, 4) is 11.6 Å². The lowest BCUT2D eigenvalue weighted by Gasteiger charge is -2.03. The van der Waals surface area contributed by atoms with Crippen molar-refractivity contribution in [3.63, 3.8) is 0 Å². The van der Waals surface area contributed by atoms with Crippen LogP contribution in [0.3, 0.4) is 0 Å². The Labute approximate surface area is 104 Å². The third kappa shape index (κ3) is 1.60. The van der Waals surface area contributed by atoms with Gasteiger partial charge in [-0.05, 0) is 24.1 Å². The van der Waals surface area contributed by atoms with E-state index in [9.17, 15) is 0 Å². The van der Waals surface area contributed by atoms with Gasteiger partial charge in [0.2, 0.25) is 0 Å². The number of nitrogens with two attached hydrogens (primary N) is 1. The van der Waals surface area contributed by atoms with Gasteiger partial charge in [0.1, 0.15) is 5.65 Å². The maximum Gasteiger partial charge on any atom is 0.197 e. The van der Waals surface area contributed by atoms with Gasteiger partial charge in [0.05, 0.1) is 12.0 Å². The van der Waals surface area contributed by atoms with Crippen LogP contribution in [0.5, 0.6) is 0 Å². The Bertz CT molecular complexity index is 670. The number of aromatic amines is 1. The molecule has 0 saturated carbocycles. The van der Waals surface area contributed by atoms with Crippen LogP contribution < -0.4 is 5.73 Å². The van der Waals surface area contributed by atoms with Crippen LogP contribution in [0.15, 0.2) is 29.0 Å². The van der Waals surface area contributed by atoms with Gasteiger partial charge in [-0.1, -0.05) is 6.92 Å². The first-order valence-corrected chi connectivity index (χ1v) is 5.94. The van der Waals surface area contributed by atoms with E-state index >= 15 is 0 Å². The van der Waals surface area contributed by atoms with Crippen LogP contribution in [-0.2, 0) is 13.0 Å². The highest BCUT2D eigenvalue weighted by Gasteiger charge is 2.13. The SMILES string of the molecule is CCc1nc(-c2ccco2)nc2[nH]cc(CN)c12. The lowest BCUT2D eigenvalue weighted by Crippen LogP contribution is -2.00. The number of hydrogen-bond donors (Lipinski definition) is 2. The Morgan fingerprint density at radius 3 is 2.94 bits per heavy atom. The summed E-state index contributed by atoms with van der Waals surface area (Å²) >= 11 is 0. The summed E-state index contributed by atoms with van der Waals surface area (Å²) < 4.78 is 5.34. The van der Waals surface area contributed by atoms with E-state index in [1.165, 1.54) is 0 Å². The molecule has 3 rings (SSSR count). The quantitative estimate of drug-likeness (QED) is 0.738. The van der Waals surface area contributed by atoms with E-state index in [2.05, 4.69) is 21.9 Å². The first kappa shape index (κ1) is 11.0. The highest BCUT2D eigenvalue weighted by atomic mass is 16.3. The fraction of sp³-hybridized carbons (Fsp3) is 0.231. The Morgan fingerprint density at radius 2 is 2.28 bits per heavy atom. The molecule has 0 unspecified atom stereocenters. The Hall–Kier alpha value is -2.14. The number of fused-ring (bicyclic) bond motifs is 1. The Morgan fingerprint density at radius 1 is 1.39 bits per heavy atom. The van der Waals surface area contributed by atoms with Crippen LogP contribution in [-0.4, -0.2) is 15.0 Å². The molecule has 3 aromatic rings. The molecule has 3 aromatic heterocycles. The van der Waals surface area contributed by atoms with Gasteiger partial charge in [0.15, 0.2) is 11.6 Å². The molecule has 0 aromatic carbocycles. The van der Waals surface area contributed by atoms with E-state index in [1.54, 1.807) is 6.26 Å². The monoisotopic (exact) mass is 242 g/mol. The van der Waals surface area contributed by atoms with Gasteiger partial charge in [-0.3, -0.25) is 0 Å². The van der Waals surface area contributed by atoms with Gasteiger partial charge in [-0.25, -0.2) is 9.97 Å². The molecule has 3 N–H and O–H groups in total. The van der Waals surface area contributed by atoms with Crippen molar-refractivity contribution < 1.29 is 4.42 Å². The molecule has 0 aliphatic heterocycles. The zero-order chi connectivity index (χ0) is 12.5. The fourth-order valence-electron chi connectivity index (χ4n) is 2.11. The van der Waals surface area contributed by atoms with Crippen molar-refractivity contribution in [2.75, 3.05) is 0 Å². The van der Waals surface area contributed by atoms with Crippen LogP contribution in [0.25, 0.3) is 22.6 Å². The molecule has 0 amide bonds. The van der Waals surface area contributed by atoms with Gasteiger partial charge in [-0.2, -0.15) is 0 Å². The first-order valence-electron chi connectivity index (χ1n) is 5.94. The highest BCUT2D eigenvalue weighted by Crippen LogP contribution is 2.24. The van der Waals surface area contributed by atoms with Gasteiger partial charge in [0.25, 0.3) is 0 Å². The van der Waals surface area contributed by atoms with Crippen LogP contribution in [0, 0.1) is 0 Å². The summed E-state index contributed by atoms with van der Waals surface area (Å²) in [6.45, 7) is 2.55. The minimum atomic E-state index is 0.483. The van der Waals surface area contributed by atoms with E-state index in [-0.39, 0.29) is 0 Å². The number of aryl methyl sites for hydroxylation is 1. The van der Waals surface area contributed by atoms with E-state index in [4.69, 9.17) is 10.2 Å². The molecule has 0 aliphatic rings. The molecule has 0 atom stereocenters. The van der Waals surface area contributed by atoms with E-state index < -0.39 is 0 Å². The highest BCUT2D eigenvalue weighted by molar-refractivity contribution is 5.83. The van der Waals surface area contributed by atoms with E-state index in [0.717, 1.165) is 28.7 Å². The maximum atomic E-state index is 5.72. The average molecular weight is 242 g/mol. The zero-order valence-electron chi connectivity index (χ0n) is 10.1. The molecule has 5 nitrogen and oxygen atoms in total. The summed E-state index contributed by atoms with van der Waals surface area (Å²) in [5.41, 5.74) is 8.58. The minimum absolute atomic E-state index is 0.483. The number of furan rings is 1. The second-order valence-electron chi connectivity index (χ2n) is 4.07. The van der Waals surface area contributed by atoms with Crippen LogP contribution in [0.4, 0.5) is 0 Å². The topological polar surface area (TPSA) is 80.7 Å². The van der Waals surface area contributed by atoms with E-state index in [0.29, 0.717) is 18.1 Å². The Balaban J connectivity index is 2.26. The van der Waals surface area contributed by atoms with E-state index in [1.807, 2.05) is 18.3 Å². The summed E-state index contributed by atoms with van der Waals surface area (Å²) in [5.74, 6) is 1.28. The standard InChI is InChI=1S/C13H14N4O/c1-2-9-11-8(6-14)7-15-13(11)17-12(16-9)10-4-3-5-18-10/h3-5,7H,2,6,14H2,1H3,(H,15,16,17). The fourth-order valence-corrected chi connectivity index (χ4v) is 2.11. The number of rotatable bonds is 3. The van der Waals surface area contributed by atoms with Crippen LogP contribution in [0.1, 0.15) is 18.2 Å². The summed E-state index contributed by atoms with van der Waals surface area (Å²) in [4.78, 5) is 12.2. The number of nitrogens with one attached hydrogen (secondary N) is 1. The Kier molecular flexibility index (Phi) is 2.60. The average Bonchev–Trinajstić information content (AvgIpc) is 3.06.